The molecule has 4 nitrogen and oxygen atoms in total. The van der Waals surface area contributed by atoms with Gasteiger partial charge >= 0.3 is 12.3 Å². The number of esters is 1. The molecule has 0 fully saturated rings. The van der Waals surface area contributed by atoms with Crippen molar-refractivity contribution >= 4 is 27.6 Å². The van der Waals surface area contributed by atoms with E-state index in [-0.39, 0.29) is 10.0 Å². The first kappa shape index (κ1) is 13.6. The monoisotopic (exact) mass is 313 g/mol. The van der Waals surface area contributed by atoms with Crippen LogP contribution in [0.15, 0.2) is 16.6 Å². The largest absolute Gasteiger partial charge is 0.573 e. The molecule has 8 heteroatoms. The number of carbonyl (C=O) groups excluding carboxylic acids is 1. The van der Waals surface area contributed by atoms with Crippen LogP contribution >= 0.6 is 15.9 Å². The fourth-order valence-corrected chi connectivity index (χ4v) is 1.52. The highest BCUT2D eigenvalue weighted by Gasteiger charge is 2.33. The van der Waals surface area contributed by atoms with Crippen molar-refractivity contribution in [3.05, 3.63) is 22.2 Å². The number of methoxy groups -OCH3 is 1. The van der Waals surface area contributed by atoms with Crippen LogP contribution in [0.3, 0.4) is 0 Å². The topological polar surface area (TPSA) is 61.5 Å². The van der Waals surface area contributed by atoms with Gasteiger partial charge in [0.1, 0.15) is 0 Å². The lowest BCUT2D eigenvalue weighted by Gasteiger charge is -2.13. The van der Waals surface area contributed by atoms with Crippen LogP contribution in [0.25, 0.3) is 0 Å². The van der Waals surface area contributed by atoms with Crippen molar-refractivity contribution in [1.82, 2.24) is 0 Å². The summed E-state index contributed by atoms with van der Waals surface area (Å²) in [6, 6.07) is 2.25. The van der Waals surface area contributed by atoms with E-state index in [4.69, 9.17) is 5.73 Å². The molecule has 0 aromatic heterocycles. The van der Waals surface area contributed by atoms with Gasteiger partial charge in [0.2, 0.25) is 0 Å². The molecule has 0 saturated heterocycles. The average molecular weight is 314 g/mol. The molecule has 1 aromatic carbocycles. The Morgan fingerprint density at radius 2 is 2.00 bits per heavy atom. The fraction of sp³-hybridized carbons (Fsp3) is 0.222. The molecule has 0 saturated carbocycles. The maximum absolute atomic E-state index is 12.1. The van der Waals surface area contributed by atoms with Crippen LogP contribution in [0.4, 0.5) is 18.9 Å². The third-order valence-corrected chi connectivity index (χ3v) is 2.20. The Kier molecular flexibility index (Phi) is 3.87. The van der Waals surface area contributed by atoms with Gasteiger partial charge in [-0.25, -0.2) is 4.79 Å². The summed E-state index contributed by atoms with van der Waals surface area (Å²) in [7, 11) is 1.09. The van der Waals surface area contributed by atoms with E-state index in [2.05, 4.69) is 25.4 Å². The highest BCUT2D eigenvalue weighted by atomic mass is 79.9. The molecule has 0 bridgehead atoms. The smallest absolute Gasteiger partial charge is 0.465 e. The van der Waals surface area contributed by atoms with Crippen LogP contribution in [-0.4, -0.2) is 19.4 Å². The maximum atomic E-state index is 12.1. The zero-order valence-corrected chi connectivity index (χ0v) is 10.1. The Hall–Kier alpha value is -1.44. The van der Waals surface area contributed by atoms with E-state index in [1.54, 1.807) is 0 Å². The molecule has 0 unspecified atom stereocenters. The Morgan fingerprint density at radius 1 is 1.41 bits per heavy atom. The lowest BCUT2D eigenvalue weighted by molar-refractivity contribution is -0.274. The Balaban J connectivity index is 3.24. The Labute approximate surface area is 103 Å². The van der Waals surface area contributed by atoms with E-state index in [0.717, 1.165) is 13.2 Å². The van der Waals surface area contributed by atoms with Gasteiger partial charge in [-0.3, -0.25) is 0 Å². The van der Waals surface area contributed by atoms with Gasteiger partial charge in [0, 0.05) is 4.47 Å². The van der Waals surface area contributed by atoms with Gasteiger partial charge in [-0.15, -0.1) is 13.2 Å². The predicted molar refractivity (Wildman–Crippen MR) is 56.6 cm³/mol. The molecule has 0 aliphatic rings. The molecular formula is C9H7BrF3NO3. The van der Waals surface area contributed by atoms with Crippen LogP contribution in [0.2, 0.25) is 0 Å². The number of benzene rings is 1. The summed E-state index contributed by atoms with van der Waals surface area (Å²) in [6.45, 7) is 0. The number of alkyl halides is 3. The van der Waals surface area contributed by atoms with E-state index < -0.39 is 23.8 Å². The summed E-state index contributed by atoms with van der Waals surface area (Å²) < 4.78 is 44.5. The van der Waals surface area contributed by atoms with Crippen molar-refractivity contribution in [3.63, 3.8) is 0 Å². The average Bonchev–Trinajstić information content (AvgIpc) is 2.19. The fourth-order valence-electron chi connectivity index (χ4n) is 1.08. The molecule has 1 rings (SSSR count). The molecule has 0 aliphatic carbocycles. The molecular weight excluding hydrogens is 307 g/mol. The molecule has 0 heterocycles. The van der Waals surface area contributed by atoms with Crippen molar-refractivity contribution in [3.8, 4) is 5.75 Å². The summed E-state index contributed by atoms with van der Waals surface area (Å²) in [6.07, 6.45) is -4.89. The second-order valence-corrected chi connectivity index (χ2v) is 3.82. The highest BCUT2D eigenvalue weighted by molar-refractivity contribution is 9.10. The van der Waals surface area contributed by atoms with Crippen molar-refractivity contribution < 1.29 is 27.4 Å². The maximum Gasteiger partial charge on any atom is 0.573 e. The van der Waals surface area contributed by atoms with Crippen LogP contribution in [0.1, 0.15) is 10.4 Å². The third-order valence-electron chi connectivity index (χ3n) is 1.74. The standard InChI is InChI=1S/C9H7BrF3NO3/c1-16-8(15)5-2-4(10)3-6(7(5)14)17-9(11,12)13/h2-3H,14H2,1H3. The zero-order valence-electron chi connectivity index (χ0n) is 8.47. The van der Waals surface area contributed by atoms with Gasteiger partial charge < -0.3 is 15.2 Å². The summed E-state index contributed by atoms with van der Waals surface area (Å²) in [5.41, 5.74) is 4.75. The minimum Gasteiger partial charge on any atom is -0.465 e. The summed E-state index contributed by atoms with van der Waals surface area (Å²) in [5.74, 6) is -1.51. The lowest BCUT2D eigenvalue weighted by Crippen LogP contribution is -2.19. The number of nitrogen functional groups attached to an aromatic ring is 1. The molecule has 0 spiro atoms. The number of ether oxygens (including phenoxy) is 2. The SMILES string of the molecule is COC(=O)c1cc(Br)cc(OC(F)(F)F)c1N. The molecule has 0 radical (unpaired) electrons. The van der Waals surface area contributed by atoms with Gasteiger partial charge in [0.15, 0.2) is 5.75 Å². The molecule has 17 heavy (non-hydrogen) atoms. The van der Waals surface area contributed by atoms with E-state index in [1.807, 2.05) is 0 Å². The van der Waals surface area contributed by atoms with E-state index in [0.29, 0.717) is 0 Å². The number of hydrogen-bond donors (Lipinski definition) is 1. The summed E-state index contributed by atoms with van der Waals surface area (Å²) >= 11 is 2.94. The second kappa shape index (κ2) is 4.82. The highest BCUT2D eigenvalue weighted by Crippen LogP contribution is 2.34. The lowest BCUT2D eigenvalue weighted by atomic mass is 10.1. The van der Waals surface area contributed by atoms with Gasteiger partial charge in [0.05, 0.1) is 18.4 Å². The van der Waals surface area contributed by atoms with E-state index >= 15 is 0 Å². The molecule has 2 N–H and O–H groups in total. The van der Waals surface area contributed by atoms with Crippen LogP contribution in [0.5, 0.6) is 5.75 Å². The van der Waals surface area contributed by atoms with Gasteiger partial charge in [-0.05, 0) is 12.1 Å². The van der Waals surface area contributed by atoms with Crippen LogP contribution in [-0.2, 0) is 4.74 Å². The first-order valence-corrected chi connectivity index (χ1v) is 4.97. The quantitative estimate of drug-likeness (QED) is 0.673. The van der Waals surface area contributed by atoms with Crippen molar-refractivity contribution in [2.75, 3.05) is 12.8 Å². The Morgan fingerprint density at radius 3 is 2.47 bits per heavy atom. The molecule has 0 aliphatic heterocycles. The number of hydrogen-bond acceptors (Lipinski definition) is 4. The van der Waals surface area contributed by atoms with Crippen LogP contribution < -0.4 is 10.5 Å². The van der Waals surface area contributed by atoms with E-state index in [1.165, 1.54) is 6.07 Å². The van der Waals surface area contributed by atoms with Crippen molar-refractivity contribution in [2.45, 2.75) is 6.36 Å². The van der Waals surface area contributed by atoms with Gasteiger partial charge in [-0.1, -0.05) is 15.9 Å². The zero-order chi connectivity index (χ0) is 13.2. The normalized spacial score (nSPS) is 11.1. The number of halogens is 4. The van der Waals surface area contributed by atoms with Crippen molar-refractivity contribution in [1.29, 1.82) is 0 Å². The summed E-state index contributed by atoms with van der Waals surface area (Å²) in [4.78, 5) is 11.2. The van der Waals surface area contributed by atoms with E-state index in [9.17, 15) is 18.0 Å². The number of carbonyl (C=O) groups is 1. The molecule has 1 aromatic rings. The summed E-state index contributed by atoms with van der Waals surface area (Å²) in [5, 5.41) is 0. The minimum atomic E-state index is -4.89. The van der Waals surface area contributed by atoms with Gasteiger partial charge in [0.25, 0.3) is 0 Å². The third kappa shape index (κ3) is 3.52. The number of rotatable bonds is 2. The van der Waals surface area contributed by atoms with Crippen molar-refractivity contribution in [2.24, 2.45) is 0 Å². The number of anilines is 1. The first-order chi connectivity index (χ1) is 7.74. The number of nitrogens with two attached hydrogens (primary N) is 1. The molecule has 0 amide bonds. The Bertz CT molecular complexity index is 448. The van der Waals surface area contributed by atoms with Crippen LogP contribution in [0, 0.1) is 0 Å². The molecule has 94 valence electrons. The molecule has 0 atom stereocenters. The second-order valence-electron chi connectivity index (χ2n) is 2.90. The minimum absolute atomic E-state index is 0.207. The predicted octanol–water partition coefficient (Wildman–Crippen LogP) is 2.72. The van der Waals surface area contributed by atoms with Gasteiger partial charge in [-0.2, -0.15) is 0 Å². The first-order valence-electron chi connectivity index (χ1n) is 4.17.